The van der Waals surface area contributed by atoms with Gasteiger partial charge >= 0.3 is 0 Å². The van der Waals surface area contributed by atoms with Crippen molar-refractivity contribution in [2.24, 2.45) is 0 Å². The van der Waals surface area contributed by atoms with E-state index >= 15 is 0 Å². The highest BCUT2D eigenvalue weighted by molar-refractivity contribution is 6.09. The van der Waals surface area contributed by atoms with Crippen LogP contribution >= 0.6 is 0 Å². The van der Waals surface area contributed by atoms with E-state index in [0.29, 0.717) is 0 Å². The highest BCUT2D eigenvalue weighted by Gasteiger charge is 2.19. The Labute approximate surface area is 293 Å². The lowest BCUT2D eigenvalue weighted by atomic mass is 10.0. The fourth-order valence-electron chi connectivity index (χ4n) is 6.41. The Balaban J connectivity index is 0.000000485. The molecule has 49 heavy (non-hydrogen) atoms. The molecule has 2 nitrogen and oxygen atoms in total. The molecule has 0 N–H and O–H groups in total. The zero-order valence-corrected chi connectivity index (χ0v) is 30.1. The molecular weight excluding hydrogens is 593 g/mol. The van der Waals surface area contributed by atoms with E-state index < -0.39 is 0 Å². The van der Waals surface area contributed by atoms with Crippen molar-refractivity contribution in [3.63, 3.8) is 0 Å². The van der Waals surface area contributed by atoms with Crippen LogP contribution in [0.4, 0.5) is 0 Å². The van der Waals surface area contributed by atoms with E-state index in [4.69, 9.17) is 0 Å². The Hall–Kier alpha value is -5.60. The minimum atomic E-state index is 0.903. The average molecular weight is 643 g/mol. The maximum absolute atomic E-state index is 4.03. The Morgan fingerprint density at radius 2 is 1.39 bits per heavy atom. The van der Waals surface area contributed by atoms with E-state index in [2.05, 4.69) is 165 Å². The molecule has 0 fully saturated rings. The summed E-state index contributed by atoms with van der Waals surface area (Å²) >= 11 is 0. The van der Waals surface area contributed by atoms with Crippen LogP contribution in [0, 0.1) is 6.92 Å². The van der Waals surface area contributed by atoms with Crippen molar-refractivity contribution in [3.05, 3.63) is 182 Å². The molecule has 248 valence electrons. The highest BCUT2D eigenvalue weighted by Crippen LogP contribution is 2.37. The summed E-state index contributed by atoms with van der Waals surface area (Å²) in [6, 6.07) is 31.2. The van der Waals surface area contributed by atoms with Crippen LogP contribution in [-0.4, -0.2) is 9.13 Å². The molecule has 4 aromatic carbocycles. The molecule has 0 radical (unpaired) electrons. The molecule has 2 aromatic heterocycles. The number of benzene rings is 4. The van der Waals surface area contributed by atoms with Gasteiger partial charge in [0.2, 0.25) is 0 Å². The summed E-state index contributed by atoms with van der Waals surface area (Å²) < 4.78 is 4.82. The Bertz CT molecular complexity index is 2220. The minimum absolute atomic E-state index is 0.903. The van der Waals surface area contributed by atoms with Crippen LogP contribution in [0.1, 0.15) is 57.0 Å². The largest absolute Gasteiger partial charge is 0.309 e. The van der Waals surface area contributed by atoms with Crippen LogP contribution in [-0.2, 0) is 6.42 Å². The Morgan fingerprint density at radius 1 is 0.714 bits per heavy atom. The molecule has 0 amide bonds. The molecule has 0 atom stereocenters. The van der Waals surface area contributed by atoms with Crippen molar-refractivity contribution in [2.75, 3.05) is 0 Å². The average Bonchev–Trinajstić information content (AvgIpc) is 3.50. The second kappa shape index (κ2) is 17.0. The summed E-state index contributed by atoms with van der Waals surface area (Å²) in [5.74, 6) is 0. The first-order valence-electron chi connectivity index (χ1n) is 17.1. The first-order valence-corrected chi connectivity index (χ1v) is 17.1. The second-order valence-corrected chi connectivity index (χ2v) is 11.7. The fraction of sp³-hybridized carbons (Fsp3) is 0.149. The number of allylic oxidation sites excluding steroid dienone is 9. The molecule has 7 rings (SSSR count). The Morgan fingerprint density at radius 3 is 2.06 bits per heavy atom. The van der Waals surface area contributed by atoms with E-state index in [0.717, 1.165) is 23.4 Å². The van der Waals surface area contributed by atoms with Gasteiger partial charge in [0.25, 0.3) is 0 Å². The number of para-hydroxylation sites is 1. The van der Waals surface area contributed by atoms with Gasteiger partial charge in [-0.2, -0.15) is 0 Å². The molecule has 1 aliphatic rings. The smallest absolute Gasteiger partial charge is 0.0541 e. The first kappa shape index (κ1) is 36.2. The molecule has 0 saturated heterocycles. The van der Waals surface area contributed by atoms with Crippen LogP contribution in [0.25, 0.3) is 55.7 Å². The van der Waals surface area contributed by atoms with Crippen LogP contribution in [0.5, 0.6) is 0 Å². The normalized spacial score (nSPS) is 11.7. The summed E-state index contributed by atoms with van der Waals surface area (Å²) in [5, 5.41) is 3.86. The minimum Gasteiger partial charge on any atom is -0.309 e. The van der Waals surface area contributed by atoms with Gasteiger partial charge in [-0.1, -0.05) is 117 Å². The summed E-state index contributed by atoms with van der Waals surface area (Å²) in [6.07, 6.45) is 17.5. The monoisotopic (exact) mass is 642 g/mol. The van der Waals surface area contributed by atoms with Crippen molar-refractivity contribution >= 4 is 44.4 Å². The standard InChI is InChI=1S/C37H30N2.C6H10.C2H6.C2H4/c1-4-26(5-2)27-19-21-37-33(23-27)31-14-7-6-8-16-34(31)39(37)29-13-11-12-28(24-29)38-35-17-10-9-15-30(35)32-22-25(3)18-20-36(32)38;1-4-5-6(2)3;2*1-2/h4-13,15-24H,1,14H2,2-3H3;4-5H,1H2,2-3H3;1-2H3;1-2H2/b26-5+;;;. The lowest BCUT2D eigenvalue weighted by molar-refractivity contribution is 1.07. The van der Waals surface area contributed by atoms with Gasteiger partial charge in [0.15, 0.2) is 0 Å². The zero-order valence-electron chi connectivity index (χ0n) is 30.1. The number of fused-ring (bicyclic) bond motifs is 6. The molecule has 2 heteroatoms. The van der Waals surface area contributed by atoms with Gasteiger partial charge in [0, 0.05) is 27.5 Å². The summed E-state index contributed by atoms with van der Waals surface area (Å²) in [7, 11) is 0. The van der Waals surface area contributed by atoms with Crippen LogP contribution in [0.15, 0.2) is 159 Å². The van der Waals surface area contributed by atoms with E-state index in [9.17, 15) is 0 Å². The van der Waals surface area contributed by atoms with Gasteiger partial charge in [-0.25, -0.2) is 0 Å². The summed E-state index contributed by atoms with van der Waals surface area (Å²) in [6.45, 7) is 25.9. The van der Waals surface area contributed by atoms with Crippen molar-refractivity contribution < 1.29 is 0 Å². The van der Waals surface area contributed by atoms with Gasteiger partial charge in [-0.05, 0) is 105 Å². The molecule has 0 spiro atoms. The molecule has 0 unspecified atom stereocenters. The zero-order chi connectivity index (χ0) is 35.5. The summed E-state index contributed by atoms with van der Waals surface area (Å²) in [5.41, 5.74) is 13.5. The third-order valence-electron chi connectivity index (χ3n) is 8.43. The third kappa shape index (κ3) is 7.45. The van der Waals surface area contributed by atoms with Gasteiger partial charge in [-0.15, -0.1) is 13.2 Å². The van der Waals surface area contributed by atoms with Gasteiger partial charge in [-0.3, -0.25) is 0 Å². The van der Waals surface area contributed by atoms with Crippen LogP contribution in [0.2, 0.25) is 0 Å². The molecule has 0 aliphatic heterocycles. The van der Waals surface area contributed by atoms with E-state index in [1.807, 2.05) is 39.8 Å². The second-order valence-electron chi connectivity index (χ2n) is 11.7. The Kier molecular flexibility index (Phi) is 12.6. The van der Waals surface area contributed by atoms with Crippen molar-refractivity contribution in [1.82, 2.24) is 9.13 Å². The fourth-order valence-corrected chi connectivity index (χ4v) is 6.41. The van der Waals surface area contributed by atoms with E-state index in [-0.39, 0.29) is 0 Å². The quantitative estimate of drug-likeness (QED) is 0.131. The maximum atomic E-state index is 4.03. The third-order valence-corrected chi connectivity index (χ3v) is 8.43. The molecule has 6 aromatic rings. The maximum Gasteiger partial charge on any atom is 0.0541 e. The van der Waals surface area contributed by atoms with Crippen molar-refractivity contribution in [1.29, 1.82) is 0 Å². The highest BCUT2D eigenvalue weighted by atomic mass is 15.0. The molecule has 2 heterocycles. The van der Waals surface area contributed by atoms with Gasteiger partial charge < -0.3 is 9.13 Å². The molecular formula is C47H50N2. The van der Waals surface area contributed by atoms with Crippen molar-refractivity contribution in [2.45, 2.75) is 48.0 Å². The number of aromatic nitrogens is 2. The van der Waals surface area contributed by atoms with Gasteiger partial charge in [0.1, 0.15) is 0 Å². The lowest BCUT2D eigenvalue weighted by Gasteiger charge is -2.14. The SMILES string of the molecule is C=C.C=C/C(=C\C)c1ccc2c(c1)c1c(n2-c2cccc(-n3c4ccccc4c4cc(C)ccc43)c2)C=CC=CC1.C=CC=C(C)C.CC. The van der Waals surface area contributed by atoms with E-state index in [1.165, 1.54) is 60.7 Å². The van der Waals surface area contributed by atoms with Crippen LogP contribution in [0.3, 0.4) is 0 Å². The number of nitrogens with zero attached hydrogens (tertiary/aromatic N) is 2. The lowest BCUT2D eigenvalue weighted by Crippen LogP contribution is -2.00. The predicted molar refractivity (Wildman–Crippen MR) is 220 cm³/mol. The first-order chi connectivity index (χ1) is 23.9. The predicted octanol–water partition coefficient (Wildman–Crippen LogP) is 13.7. The number of hydrogen-bond acceptors (Lipinski definition) is 0. The number of aryl methyl sites for hydroxylation is 1. The topological polar surface area (TPSA) is 9.86 Å². The molecule has 1 aliphatic carbocycles. The molecule has 0 saturated carbocycles. The van der Waals surface area contributed by atoms with Crippen LogP contribution < -0.4 is 0 Å². The summed E-state index contributed by atoms with van der Waals surface area (Å²) in [4.78, 5) is 0. The van der Waals surface area contributed by atoms with Gasteiger partial charge in [0.05, 0.1) is 22.2 Å². The number of rotatable bonds is 5. The van der Waals surface area contributed by atoms with E-state index in [1.54, 1.807) is 6.08 Å². The molecule has 0 bridgehead atoms. The van der Waals surface area contributed by atoms with Crippen molar-refractivity contribution in [3.8, 4) is 11.4 Å². The number of hydrogen-bond donors (Lipinski definition) is 0.